The molecule has 0 atom stereocenters. The molecule has 0 aromatic heterocycles. The van der Waals surface area contributed by atoms with Crippen LogP contribution in [0.4, 0.5) is 4.39 Å². The zero-order valence-electron chi connectivity index (χ0n) is 11.4. The van der Waals surface area contributed by atoms with E-state index in [2.05, 4.69) is 11.8 Å². The van der Waals surface area contributed by atoms with Crippen LogP contribution in [0.5, 0.6) is 0 Å². The molecule has 0 amide bonds. The Bertz CT molecular complexity index is 621. The first-order valence-electron chi connectivity index (χ1n) is 5.87. The van der Waals surface area contributed by atoms with Crippen LogP contribution in [0.25, 0.3) is 0 Å². The van der Waals surface area contributed by atoms with Gasteiger partial charge in [-0.25, -0.2) is 17.1 Å². The predicted octanol–water partition coefficient (Wildman–Crippen LogP) is 1.12. The molecule has 2 N–H and O–H groups in total. The van der Waals surface area contributed by atoms with Crippen molar-refractivity contribution in [1.29, 1.82) is 0 Å². The monoisotopic (exact) mass is 316 g/mol. The Hall–Kier alpha value is -1.07. The summed E-state index contributed by atoms with van der Waals surface area (Å²) in [4.78, 5) is -0.0723. The predicted molar refractivity (Wildman–Crippen MR) is 80.5 cm³/mol. The van der Waals surface area contributed by atoms with Crippen LogP contribution in [0, 0.1) is 17.7 Å². The zero-order valence-corrected chi connectivity index (χ0v) is 13.0. The first-order chi connectivity index (χ1) is 9.43. The summed E-state index contributed by atoms with van der Waals surface area (Å²) in [6.45, 7) is 0.497. The summed E-state index contributed by atoms with van der Waals surface area (Å²) in [5.41, 5.74) is 5.35. The van der Waals surface area contributed by atoms with Gasteiger partial charge in [0.05, 0.1) is 17.0 Å². The van der Waals surface area contributed by atoms with E-state index >= 15 is 0 Å². The highest BCUT2D eigenvalue weighted by molar-refractivity contribution is 7.98. The molecule has 0 radical (unpaired) electrons. The number of sulfonamides is 1. The lowest BCUT2D eigenvalue weighted by atomic mass is 10.2. The van der Waals surface area contributed by atoms with Gasteiger partial charge in [0.15, 0.2) is 0 Å². The first kappa shape index (κ1) is 17.0. The second-order valence-electron chi connectivity index (χ2n) is 3.97. The Morgan fingerprint density at radius 3 is 2.70 bits per heavy atom. The molecule has 0 unspecified atom stereocenters. The minimum Gasteiger partial charge on any atom is -0.320 e. The van der Waals surface area contributed by atoms with Gasteiger partial charge < -0.3 is 5.73 Å². The number of nitrogens with two attached hydrogens (primary N) is 1. The summed E-state index contributed by atoms with van der Waals surface area (Å²) >= 11 is 1.55. The topological polar surface area (TPSA) is 63.4 Å². The van der Waals surface area contributed by atoms with Crippen molar-refractivity contribution < 1.29 is 12.8 Å². The second-order valence-corrected chi connectivity index (χ2v) is 7.00. The maximum absolute atomic E-state index is 13.8. The van der Waals surface area contributed by atoms with E-state index < -0.39 is 15.8 Å². The Morgan fingerprint density at radius 1 is 1.45 bits per heavy atom. The molecule has 0 aliphatic heterocycles. The van der Waals surface area contributed by atoms with Gasteiger partial charge in [-0.05, 0) is 24.5 Å². The number of hydrogen-bond donors (Lipinski definition) is 1. The van der Waals surface area contributed by atoms with Gasteiger partial charge >= 0.3 is 0 Å². The molecule has 0 bridgehead atoms. The van der Waals surface area contributed by atoms with E-state index in [1.807, 2.05) is 6.26 Å². The van der Waals surface area contributed by atoms with Crippen LogP contribution in [0.15, 0.2) is 23.1 Å². The molecule has 0 spiro atoms. The highest BCUT2D eigenvalue weighted by Gasteiger charge is 2.21. The minimum atomic E-state index is -3.66. The molecule has 20 heavy (non-hydrogen) atoms. The van der Waals surface area contributed by atoms with E-state index in [0.717, 1.165) is 6.07 Å². The van der Waals surface area contributed by atoms with Crippen LogP contribution < -0.4 is 5.73 Å². The lowest BCUT2D eigenvalue weighted by molar-refractivity contribution is 0.487. The Kier molecular flexibility index (Phi) is 6.49. The average Bonchev–Trinajstić information content (AvgIpc) is 2.43. The standard InChI is InChI=1S/C13H17FN2O2S2/c1-16(8-9-19-2)20(17,18)12-6-5-11(4-3-7-15)13(14)10-12/h5-6,10H,7-9,15H2,1-2H3. The van der Waals surface area contributed by atoms with Crippen molar-refractivity contribution in [3.63, 3.8) is 0 Å². The molecule has 1 aromatic rings. The third-order valence-corrected chi connectivity index (χ3v) is 5.03. The van der Waals surface area contributed by atoms with Crippen molar-refractivity contribution in [2.45, 2.75) is 4.90 Å². The number of thioether (sulfide) groups is 1. The molecule has 0 aliphatic carbocycles. The van der Waals surface area contributed by atoms with Crippen LogP contribution in [-0.2, 0) is 10.0 Å². The molecule has 0 heterocycles. The number of nitrogens with zero attached hydrogens (tertiary/aromatic N) is 1. The summed E-state index contributed by atoms with van der Waals surface area (Å²) in [5, 5.41) is 0. The maximum atomic E-state index is 13.8. The van der Waals surface area contributed by atoms with Crippen molar-refractivity contribution in [1.82, 2.24) is 4.31 Å². The fraction of sp³-hybridized carbons (Fsp3) is 0.385. The van der Waals surface area contributed by atoms with Gasteiger partial charge in [-0.2, -0.15) is 11.8 Å². The third-order valence-electron chi connectivity index (χ3n) is 2.58. The van der Waals surface area contributed by atoms with Crippen molar-refractivity contribution in [2.24, 2.45) is 5.73 Å². The van der Waals surface area contributed by atoms with Gasteiger partial charge in [0.1, 0.15) is 5.82 Å². The van der Waals surface area contributed by atoms with E-state index in [4.69, 9.17) is 5.73 Å². The SMILES string of the molecule is CSCCN(C)S(=O)(=O)c1ccc(C#CCN)c(F)c1. The van der Waals surface area contributed by atoms with Crippen LogP contribution in [0.1, 0.15) is 5.56 Å². The summed E-state index contributed by atoms with van der Waals surface area (Å²) in [5.74, 6) is 5.10. The largest absolute Gasteiger partial charge is 0.320 e. The molecule has 1 rings (SSSR count). The molecule has 110 valence electrons. The smallest absolute Gasteiger partial charge is 0.242 e. The van der Waals surface area contributed by atoms with E-state index in [1.165, 1.54) is 23.5 Å². The fourth-order valence-corrected chi connectivity index (χ4v) is 3.18. The lowest BCUT2D eigenvalue weighted by Gasteiger charge is -2.16. The van der Waals surface area contributed by atoms with E-state index in [-0.39, 0.29) is 17.0 Å². The molecular weight excluding hydrogens is 299 g/mol. The zero-order chi connectivity index (χ0) is 15.2. The van der Waals surface area contributed by atoms with E-state index in [9.17, 15) is 12.8 Å². The quantitative estimate of drug-likeness (QED) is 0.827. The number of rotatable bonds is 5. The van der Waals surface area contributed by atoms with Crippen molar-refractivity contribution in [3.05, 3.63) is 29.6 Å². The summed E-state index contributed by atoms with van der Waals surface area (Å²) in [6.07, 6.45) is 1.89. The van der Waals surface area contributed by atoms with Gasteiger partial charge in [0.25, 0.3) is 0 Å². The molecule has 1 aromatic carbocycles. The maximum Gasteiger partial charge on any atom is 0.242 e. The molecule has 0 saturated heterocycles. The van der Waals surface area contributed by atoms with Gasteiger partial charge in [-0.15, -0.1) is 0 Å². The molecule has 0 fully saturated rings. The normalized spacial score (nSPS) is 11.2. The second kappa shape index (κ2) is 7.64. The molecular formula is C13H17FN2O2S2. The number of benzene rings is 1. The number of hydrogen-bond acceptors (Lipinski definition) is 4. The van der Waals surface area contributed by atoms with Crippen molar-refractivity contribution in [2.75, 3.05) is 32.1 Å². The van der Waals surface area contributed by atoms with Gasteiger partial charge in [-0.1, -0.05) is 11.8 Å². The summed E-state index contributed by atoms with van der Waals surface area (Å²) in [7, 11) is -2.19. The molecule has 0 saturated carbocycles. The fourth-order valence-electron chi connectivity index (χ4n) is 1.42. The molecule has 4 nitrogen and oxygen atoms in total. The van der Waals surface area contributed by atoms with Gasteiger partial charge in [0.2, 0.25) is 10.0 Å². The van der Waals surface area contributed by atoms with Gasteiger partial charge in [-0.3, -0.25) is 0 Å². The average molecular weight is 316 g/mol. The van der Waals surface area contributed by atoms with Crippen molar-refractivity contribution in [3.8, 4) is 11.8 Å². The molecule has 0 aliphatic rings. The Balaban J connectivity index is 3.05. The van der Waals surface area contributed by atoms with Crippen molar-refractivity contribution >= 4 is 21.8 Å². The summed E-state index contributed by atoms with van der Waals surface area (Å²) in [6, 6.07) is 3.70. The number of halogens is 1. The van der Waals surface area contributed by atoms with E-state index in [0.29, 0.717) is 12.3 Å². The molecule has 7 heteroatoms. The van der Waals surface area contributed by atoms with E-state index in [1.54, 1.807) is 11.8 Å². The highest BCUT2D eigenvalue weighted by atomic mass is 32.2. The summed E-state index contributed by atoms with van der Waals surface area (Å²) < 4.78 is 39.4. The van der Waals surface area contributed by atoms with Gasteiger partial charge in [0, 0.05) is 19.3 Å². The minimum absolute atomic E-state index is 0.0723. The third kappa shape index (κ3) is 4.21. The first-order valence-corrected chi connectivity index (χ1v) is 8.70. The Labute approximate surface area is 123 Å². The highest BCUT2D eigenvalue weighted by Crippen LogP contribution is 2.18. The van der Waals surface area contributed by atoms with Crippen LogP contribution >= 0.6 is 11.8 Å². The van der Waals surface area contributed by atoms with Crippen LogP contribution in [0.2, 0.25) is 0 Å². The van der Waals surface area contributed by atoms with Crippen LogP contribution in [-0.4, -0.2) is 44.9 Å². The van der Waals surface area contributed by atoms with Crippen LogP contribution in [0.3, 0.4) is 0 Å². The Morgan fingerprint density at radius 2 is 2.15 bits per heavy atom. The lowest BCUT2D eigenvalue weighted by Crippen LogP contribution is -2.29.